The van der Waals surface area contributed by atoms with Gasteiger partial charge >= 0.3 is 0 Å². The molecule has 0 aromatic heterocycles. The van der Waals surface area contributed by atoms with Gasteiger partial charge in [0.1, 0.15) is 0 Å². The lowest BCUT2D eigenvalue weighted by Crippen LogP contribution is -2.45. The van der Waals surface area contributed by atoms with Crippen LogP contribution in [0.15, 0.2) is 0 Å². The van der Waals surface area contributed by atoms with Crippen LogP contribution in [-0.2, 0) is 9.59 Å². The van der Waals surface area contributed by atoms with Gasteiger partial charge in [0, 0.05) is 24.9 Å². The molecule has 140 valence electrons. The van der Waals surface area contributed by atoms with Gasteiger partial charge in [-0.1, -0.05) is 26.7 Å². The third-order valence-electron chi connectivity index (χ3n) is 7.63. The van der Waals surface area contributed by atoms with Crippen molar-refractivity contribution >= 4 is 11.8 Å². The van der Waals surface area contributed by atoms with E-state index >= 15 is 0 Å². The topological polar surface area (TPSA) is 58.2 Å². The van der Waals surface area contributed by atoms with Crippen molar-refractivity contribution in [1.29, 1.82) is 0 Å². The molecule has 4 fully saturated rings. The summed E-state index contributed by atoms with van der Waals surface area (Å²) >= 11 is 0. The molecule has 6 unspecified atom stereocenters. The Balaban J connectivity index is 1.20. The first-order valence-corrected chi connectivity index (χ1v) is 10.5. The van der Waals surface area contributed by atoms with Crippen LogP contribution < -0.4 is 10.6 Å². The van der Waals surface area contributed by atoms with Crippen molar-refractivity contribution < 1.29 is 9.59 Å². The maximum atomic E-state index is 12.5. The van der Waals surface area contributed by atoms with Crippen LogP contribution in [-0.4, -0.2) is 24.9 Å². The Hall–Kier alpha value is -1.06. The van der Waals surface area contributed by atoms with E-state index in [0.717, 1.165) is 24.7 Å². The van der Waals surface area contributed by atoms with E-state index in [9.17, 15) is 9.59 Å². The lowest BCUT2D eigenvalue weighted by molar-refractivity contribution is -0.127. The van der Waals surface area contributed by atoms with Crippen LogP contribution in [0.1, 0.15) is 65.2 Å². The van der Waals surface area contributed by atoms with E-state index in [0.29, 0.717) is 24.9 Å². The van der Waals surface area contributed by atoms with Gasteiger partial charge in [-0.2, -0.15) is 0 Å². The molecular formula is C21H34N2O2. The molecule has 4 rings (SSSR count). The summed E-state index contributed by atoms with van der Waals surface area (Å²) in [6, 6.07) is 0. The largest absolute Gasteiger partial charge is 0.355 e. The zero-order valence-corrected chi connectivity index (χ0v) is 15.9. The minimum atomic E-state index is -0.0967. The lowest BCUT2D eigenvalue weighted by atomic mass is 9.86. The molecule has 0 saturated heterocycles. The van der Waals surface area contributed by atoms with Gasteiger partial charge in [-0.25, -0.2) is 0 Å². The molecule has 0 aliphatic heterocycles. The summed E-state index contributed by atoms with van der Waals surface area (Å²) in [5.74, 6) is 3.86. The predicted molar refractivity (Wildman–Crippen MR) is 97.7 cm³/mol. The molecule has 4 aliphatic carbocycles. The van der Waals surface area contributed by atoms with Gasteiger partial charge in [-0.15, -0.1) is 0 Å². The van der Waals surface area contributed by atoms with Crippen LogP contribution in [0.2, 0.25) is 0 Å². The van der Waals surface area contributed by atoms with Crippen LogP contribution in [0.25, 0.3) is 0 Å². The summed E-state index contributed by atoms with van der Waals surface area (Å²) in [6.45, 7) is 5.57. The van der Waals surface area contributed by atoms with Crippen LogP contribution in [0, 0.1) is 40.9 Å². The summed E-state index contributed by atoms with van der Waals surface area (Å²) < 4.78 is 0. The first kappa shape index (κ1) is 17.4. The molecule has 0 aromatic carbocycles. The van der Waals surface area contributed by atoms with E-state index in [4.69, 9.17) is 0 Å². The molecule has 0 spiro atoms. The normalized spacial score (nSPS) is 39.0. The van der Waals surface area contributed by atoms with Crippen LogP contribution >= 0.6 is 0 Å². The van der Waals surface area contributed by atoms with Crippen LogP contribution in [0.4, 0.5) is 0 Å². The first-order chi connectivity index (χ1) is 11.9. The smallest absolute Gasteiger partial charge is 0.223 e. The van der Waals surface area contributed by atoms with E-state index in [-0.39, 0.29) is 29.1 Å². The summed E-state index contributed by atoms with van der Waals surface area (Å²) in [5, 5.41) is 6.36. The molecule has 0 aromatic rings. The number of nitrogens with one attached hydrogen (secondary N) is 2. The fraction of sp³-hybridized carbons (Fsp3) is 0.905. The van der Waals surface area contributed by atoms with Crippen LogP contribution in [0.3, 0.4) is 0 Å². The fourth-order valence-electron chi connectivity index (χ4n) is 6.11. The van der Waals surface area contributed by atoms with Crippen molar-refractivity contribution in [3.63, 3.8) is 0 Å². The number of rotatable bonds is 6. The van der Waals surface area contributed by atoms with E-state index < -0.39 is 0 Å². The monoisotopic (exact) mass is 346 g/mol. The average Bonchev–Trinajstić information content (AvgIpc) is 3.37. The molecule has 4 heteroatoms. The Labute approximate surface area is 151 Å². The van der Waals surface area contributed by atoms with Gasteiger partial charge in [0.2, 0.25) is 11.8 Å². The van der Waals surface area contributed by atoms with Gasteiger partial charge in [0.15, 0.2) is 0 Å². The van der Waals surface area contributed by atoms with Gasteiger partial charge in [-0.3, -0.25) is 9.59 Å². The quantitative estimate of drug-likeness (QED) is 0.776. The van der Waals surface area contributed by atoms with Crippen molar-refractivity contribution in [2.45, 2.75) is 65.2 Å². The zero-order valence-electron chi connectivity index (χ0n) is 15.9. The lowest BCUT2D eigenvalue weighted by Gasteiger charge is -2.29. The molecule has 0 radical (unpaired) electrons. The van der Waals surface area contributed by atoms with Crippen molar-refractivity contribution in [2.24, 2.45) is 40.9 Å². The number of fused-ring (bicyclic) bond motifs is 4. The minimum Gasteiger partial charge on any atom is -0.355 e. The predicted octanol–water partition coefficient (Wildman–Crippen LogP) is 3.12. The third-order valence-corrected chi connectivity index (χ3v) is 7.63. The molecule has 6 atom stereocenters. The molecule has 4 aliphatic rings. The minimum absolute atomic E-state index is 0.0967. The van der Waals surface area contributed by atoms with Gasteiger partial charge in [-0.05, 0) is 67.6 Å². The van der Waals surface area contributed by atoms with Gasteiger partial charge in [0.25, 0.3) is 0 Å². The fourth-order valence-corrected chi connectivity index (χ4v) is 6.11. The number of amides is 2. The molecule has 0 heterocycles. The summed E-state index contributed by atoms with van der Waals surface area (Å²) in [5.41, 5.74) is -0.0967. The number of hydrogen-bond donors (Lipinski definition) is 2. The highest BCUT2D eigenvalue weighted by Crippen LogP contribution is 2.49. The number of carbonyl (C=O) groups excluding carboxylic acids is 2. The SMILES string of the molecule is CC(C)(CNC(=O)C1CC2CCC1C2)CNC(=O)C1CC2CCC1C2. The van der Waals surface area contributed by atoms with Crippen molar-refractivity contribution in [1.82, 2.24) is 10.6 Å². The van der Waals surface area contributed by atoms with E-state index in [2.05, 4.69) is 24.5 Å². The standard InChI is InChI=1S/C21H34N2O2/c1-21(2,11-22-19(24)17-9-13-3-5-15(17)7-13)12-23-20(25)18-10-14-4-6-16(18)8-14/h13-18H,3-12H2,1-2H3,(H,22,24)(H,23,25). The Morgan fingerprint density at radius 1 is 0.760 bits per heavy atom. The zero-order chi connectivity index (χ0) is 17.6. The molecule has 25 heavy (non-hydrogen) atoms. The molecular weight excluding hydrogens is 312 g/mol. The van der Waals surface area contributed by atoms with E-state index in [1.807, 2.05) is 0 Å². The number of carbonyl (C=O) groups is 2. The van der Waals surface area contributed by atoms with E-state index in [1.165, 1.54) is 38.5 Å². The molecule has 2 amide bonds. The second kappa shape index (κ2) is 6.59. The van der Waals surface area contributed by atoms with Crippen molar-refractivity contribution in [3.05, 3.63) is 0 Å². The Morgan fingerprint density at radius 2 is 1.20 bits per heavy atom. The van der Waals surface area contributed by atoms with Crippen molar-refractivity contribution in [2.75, 3.05) is 13.1 Å². The highest BCUT2D eigenvalue weighted by Gasteiger charge is 2.44. The summed E-state index contributed by atoms with van der Waals surface area (Å²) in [7, 11) is 0. The maximum Gasteiger partial charge on any atom is 0.223 e. The molecule has 4 bridgehead atoms. The highest BCUT2D eigenvalue weighted by atomic mass is 16.2. The molecule has 2 N–H and O–H groups in total. The van der Waals surface area contributed by atoms with E-state index in [1.54, 1.807) is 0 Å². The Kier molecular flexibility index (Phi) is 4.57. The molecule has 4 saturated carbocycles. The molecule has 4 nitrogen and oxygen atoms in total. The summed E-state index contributed by atoms with van der Waals surface area (Å²) in [4.78, 5) is 25.0. The highest BCUT2D eigenvalue weighted by molar-refractivity contribution is 5.80. The van der Waals surface area contributed by atoms with Crippen molar-refractivity contribution in [3.8, 4) is 0 Å². The van der Waals surface area contributed by atoms with Crippen LogP contribution in [0.5, 0.6) is 0 Å². The number of hydrogen-bond acceptors (Lipinski definition) is 2. The third kappa shape index (κ3) is 3.59. The van der Waals surface area contributed by atoms with Gasteiger partial charge < -0.3 is 10.6 Å². The Bertz CT molecular complexity index is 498. The average molecular weight is 347 g/mol. The second-order valence-electron chi connectivity index (χ2n) is 10.2. The second-order valence-corrected chi connectivity index (χ2v) is 10.2. The van der Waals surface area contributed by atoms with Gasteiger partial charge in [0.05, 0.1) is 0 Å². The first-order valence-electron chi connectivity index (χ1n) is 10.5. The maximum absolute atomic E-state index is 12.5. The Morgan fingerprint density at radius 3 is 1.52 bits per heavy atom. The summed E-state index contributed by atoms with van der Waals surface area (Å²) in [6.07, 6.45) is 9.86.